The molecule has 3 rings (SSSR count). The number of ketones is 1. The number of Topliss-reactive ketones (excluding diaryl/α,β-unsaturated/α-hetero) is 1. The molecule has 0 unspecified atom stereocenters. The fraction of sp³-hybridized carbons (Fsp3) is 0.476. The van der Waals surface area contributed by atoms with Gasteiger partial charge in [-0.15, -0.1) is 0 Å². The number of carbonyl (C=O) groups excluding carboxylic acids is 3. The molecule has 12 heteroatoms. The first-order valence-corrected chi connectivity index (χ1v) is 10.5. The average Bonchev–Trinajstić information content (AvgIpc) is 3.41. The van der Waals surface area contributed by atoms with E-state index in [1.165, 1.54) is 11.0 Å². The largest absolute Gasteiger partial charge is 0.339 e. The molecule has 3 atom stereocenters. The van der Waals surface area contributed by atoms with E-state index in [9.17, 15) is 23.2 Å². The normalized spacial score (nSPS) is 19.9. The Balaban J connectivity index is 0.00000272. The number of carbonyl (C=O) groups is 3. The molecule has 2 aliphatic rings. The molecule has 33 heavy (non-hydrogen) atoms. The summed E-state index contributed by atoms with van der Waals surface area (Å²) in [5.74, 6) is -4.22. The third-order valence-electron chi connectivity index (χ3n) is 5.74. The van der Waals surface area contributed by atoms with Gasteiger partial charge in [0.1, 0.15) is 22.4 Å². The molecule has 2 aliphatic heterocycles. The molecule has 0 aromatic heterocycles. The van der Waals surface area contributed by atoms with E-state index in [2.05, 4.69) is 15.5 Å². The Labute approximate surface area is 209 Å². The lowest BCUT2D eigenvalue weighted by molar-refractivity contribution is -0.147. The van der Waals surface area contributed by atoms with Crippen LogP contribution in [0.25, 0.3) is 0 Å². The quantitative estimate of drug-likeness (QED) is 0.460. The Morgan fingerprint density at radius 2 is 1.97 bits per heavy atom. The summed E-state index contributed by atoms with van der Waals surface area (Å²) < 4.78 is 27.5. The summed E-state index contributed by atoms with van der Waals surface area (Å²) in [5.41, 5.74) is 0.613. The highest BCUT2D eigenvalue weighted by atomic mass is 35.5. The van der Waals surface area contributed by atoms with Crippen molar-refractivity contribution in [2.75, 3.05) is 13.1 Å². The van der Waals surface area contributed by atoms with Crippen LogP contribution in [0.4, 0.5) is 8.78 Å². The smallest absolute Gasteiger partial charge is 0.312 e. The number of rotatable bonds is 6. The lowest BCUT2D eigenvalue weighted by Crippen LogP contribution is -2.48. The van der Waals surface area contributed by atoms with Crippen LogP contribution in [-0.4, -0.2) is 47.7 Å². The van der Waals surface area contributed by atoms with Crippen LogP contribution in [0.2, 0.25) is 5.02 Å². The summed E-state index contributed by atoms with van der Waals surface area (Å²) in [6.07, 6.45) is 2.41. The lowest BCUT2D eigenvalue weighted by Gasteiger charge is -2.25. The zero-order chi connectivity index (χ0) is 22.7. The maximum atomic E-state index is 14.1. The molecule has 7 nitrogen and oxygen atoms in total. The predicted molar refractivity (Wildman–Crippen MR) is 130 cm³/mol. The van der Waals surface area contributed by atoms with E-state index in [1.54, 1.807) is 13.0 Å². The van der Waals surface area contributed by atoms with Gasteiger partial charge >= 0.3 is 11.8 Å². The van der Waals surface area contributed by atoms with E-state index in [0.717, 1.165) is 6.07 Å². The lowest BCUT2D eigenvalue weighted by atomic mass is 9.92. The van der Waals surface area contributed by atoms with E-state index in [4.69, 9.17) is 11.6 Å². The molecule has 182 valence electrons. The van der Waals surface area contributed by atoms with Crippen LogP contribution in [0.5, 0.6) is 0 Å². The second kappa shape index (κ2) is 12.5. The number of nitrogens with one attached hydrogen (secondary N) is 1. The summed E-state index contributed by atoms with van der Waals surface area (Å²) in [4.78, 5) is 39.3. The van der Waals surface area contributed by atoms with Crippen LogP contribution >= 0.6 is 38.6 Å². The number of hydrogen-bond donors (Lipinski definition) is 1. The number of benzene rings is 1. The van der Waals surface area contributed by atoms with Crippen molar-refractivity contribution in [2.45, 2.75) is 45.2 Å². The molecule has 2 heterocycles. The van der Waals surface area contributed by atoms with Crippen molar-refractivity contribution >= 4 is 56.2 Å². The van der Waals surface area contributed by atoms with Gasteiger partial charge in [-0.2, -0.15) is 37.2 Å². The predicted octanol–water partition coefficient (Wildman–Crippen LogP) is 3.44. The van der Waals surface area contributed by atoms with Gasteiger partial charge in [0.15, 0.2) is 0 Å². The first-order valence-electron chi connectivity index (χ1n) is 10.1. The summed E-state index contributed by atoms with van der Waals surface area (Å²) in [6, 6.07) is 1.25. The first-order chi connectivity index (χ1) is 14.7. The second-order valence-corrected chi connectivity index (χ2v) is 7.98. The molecule has 0 spiro atoms. The van der Waals surface area contributed by atoms with E-state index in [0.29, 0.717) is 25.1 Å². The van der Waals surface area contributed by atoms with Gasteiger partial charge in [0, 0.05) is 24.9 Å². The fourth-order valence-electron chi connectivity index (χ4n) is 3.92. The van der Waals surface area contributed by atoms with Gasteiger partial charge < -0.3 is 10.2 Å². The monoisotopic (exact) mass is 520 g/mol. The summed E-state index contributed by atoms with van der Waals surface area (Å²) in [6.45, 7) is 4.22. The Morgan fingerprint density at radius 1 is 1.27 bits per heavy atom. The minimum Gasteiger partial charge on any atom is -0.339 e. The van der Waals surface area contributed by atoms with Crippen molar-refractivity contribution in [2.24, 2.45) is 16.1 Å². The van der Waals surface area contributed by atoms with Crippen LogP contribution < -0.4 is 5.32 Å². The highest BCUT2D eigenvalue weighted by Gasteiger charge is 2.40. The molecule has 1 N–H and O–H groups in total. The van der Waals surface area contributed by atoms with Crippen molar-refractivity contribution in [3.05, 3.63) is 46.1 Å². The van der Waals surface area contributed by atoms with Crippen molar-refractivity contribution in [3.63, 3.8) is 0 Å². The van der Waals surface area contributed by atoms with Gasteiger partial charge in [0.05, 0.1) is 18.3 Å². The molecule has 0 saturated carbocycles. The van der Waals surface area contributed by atoms with Crippen LogP contribution in [0.15, 0.2) is 34.1 Å². The van der Waals surface area contributed by atoms with Gasteiger partial charge in [-0.1, -0.05) is 24.6 Å². The standard InChI is InChI=1S/C21H23ClF2N4O3.2H2S/c1-3-15(16-6-8-25-27-16)26-20(30)21(31)28-9-7-13(11(28)2)17(29)10-12-4-5-14(23)18(22)19(12)24;;/h4-6,11,13,15H,3,7-10H2,1-2H3,(H,26,30);2*1H2/t11-,13-,15+;;/m0../s1. The molecule has 0 bridgehead atoms. The van der Waals surface area contributed by atoms with Gasteiger partial charge in [0.25, 0.3) is 0 Å². The first kappa shape index (κ1) is 29.1. The maximum absolute atomic E-state index is 14.1. The van der Waals surface area contributed by atoms with Gasteiger partial charge in [-0.25, -0.2) is 8.78 Å². The maximum Gasteiger partial charge on any atom is 0.312 e. The fourth-order valence-corrected chi connectivity index (χ4v) is 4.11. The number of nitrogens with zero attached hydrogens (tertiary/aromatic N) is 3. The number of likely N-dealkylation sites (tertiary alicyclic amines) is 1. The summed E-state index contributed by atoms with van der Waals surface area (Å²) in [5, 5.41) is 9.83. The molecule has 0 aliphatic carbocycles. The number of amides is 2. The third-order valence-corrected chi connectivity index (χ3v) is 6.09. The van der Waals surface area contributed by atoms with E-state index in [1.807, 2.05) is 6.92 Å². The van der Waals surface area contributed by atoms with E-state index in [-0.39, 0.29) is 51.3 Å². The molecule has 1 aromatic rings. The molecule has 1 fully saturated rings. The number of azo groups is 1. The van der Waals surface area contributed by atoms with Crippen LogP contribution in [-0.2, 0) is 20.8 Å². The Bertz CT molecular complexity index is 977. The number of halogens is 3. The van der Waals surface area contributed by atoms with Crippen molar-refractivity contribution in [3.8, 4) is 0 Å². The SMILES string of the molecule is CC[C@@H](NC(=O)C(=O)N1CC[C@H](C(=O)Cc2ccc(F)c(Cl)c2F)[C@@H]1C)C1=CCN=N1.S.S. The molecule has 0 radical (unpaired) electrons. The Hall–Kier alpha value is -1.98. The minimum absolute atomic E-state index is 0. The molecular formula is C21H27ClF2N4O3S2. The number of hydrogen-bond acceptors (Lipinski definition) is 5. The van der Waals surface area contributed by atoms with Crippen molar-refractivity contribution in [1.29, 1.82) is 0 Å². The third kappa shape index (κ3) is 6.33. The van der Waals surface area contributed by atoms with E-state index < -0.39 is 46.5 Å². The Kier molecular flexibility index (Phi) is 11.0. The van der Waals surface area contributed by atoms with Crippen LogP contribution in [0, 0.1) is 17.6 Å². The molecular weight excluding hydrogens is 494 g/mol. The minimum atomic E-state index is -0.961. The van der Waals surface area contributed by atoms with Crippen molar-refractivity contribution in [1.82, 2.24) is 10.2 Å². The highest BCUT2D eigenvalue weighted by molar-refractivity contribution is 7.59. The zero-order valence-electron chi connectivity index (χ0n) is 18.2. The molecule has 1 saturated heterocycles. The average molecular weight is 521 g/mol. The van der Waals surface area contributed by atoms with Crippen molar-refractivity contribution < 1.29 is 23.2 Å². The molecule has 1 aromatic carbocycles. The zero-order valence-corrected chi connectivity index (χ0v) is 21.0. The van der Waals surface area contributed by atoms with Crippen LogP contribution in [0.3, 0.4) is 0 Å². The second-order valence-electron chi connectivity index (χ2n) is 7.60. The van der Waals surface area contributed by atoms with Crippen LogP contribution in [0.1, 0.15) is 32.3 Å². The highest BCUT2D eigenvalue weighted by Crippen LogP contribution is 2.28. The van der Waals surface area contributed by atoms with E-state index >= 15 is 0 Å². The summed E-state index contributed by atoms with van der Waals surface area (Å²) >= 11 is 5.58. The summed E-state index contributed by atoms with van der Waals surface area (Å²) in [7, 11) is 0. The van der Waals surface area contributed by atoms with Gasteiger partial charge in [-0.05, 0) is 37.5 Å². The molecule has 2 amide bonds. The topological polar surface area (TPSA) is 91.2 Å². The van der Waals surface area contributed by atoms with Gasteiger partial charge in [0.2, 0.25) is 0 Å². The van der Waals surface area contributed by atoms with Gasteiger partial charge in [-0.3, -0.25) is 14.4 Å². The Morgan fingerprint density at radius 3 is 2.58 bits per heavy atom.